The Morgan fingerprint density at radius 1 is 1.32 bits per heavy atom. The fourth-order valence-corrected chi connectivity index (χ4v) is 1.98. The number of hydrogen-bond acceptors (Lipinski definition) is 3. The van der Waals surface area contributed by atoms with Crippen molar-refractivity contribution in [3.05, 3.63) is 27.7 Å². The van der Waals surface area contributed by atoms with Gasteiger partial charge in [-0.25, -0.2) is 0 Å². The highest BCUT2D eigenvalue weighted by Crippen LogP contribution is 2.45. The van der Waals surface area contributed by atoms with Gasteiger partial charge < -0.3 is 15.9 Å². The second kappa shape index (κ2) is 5.30. The largest absolute Gasteiger partial charge is 0.506 e. The molecule has 1 aromatic carbocycles. The standard InChI is InChI=1S/C12H15BrF3NO2/c1-11(2,5-18)10(17)8-6(12(14,15)16)3-4-7(13)9(8)19/h3-4,10,18-19H,5,17H2,1-2H3/t10-/m1/s1. The van der Waals surface area contributed by atoms with E-state index in [4.69, 9.17) is 5.73 Å². The summed E-state index contributed by atoms with van der Waals surface area (Å²) >= 11 is 2.97. The molecule has 108 valence electrons. The lowest BCUT2D eigenvalue weighted by Crippen LogP contribution is -2.34. The SMILES string of the molecule is CC(C)(CO)[C@H](N)c1c(C(F)(F)F)ccc(Br)c1O. The first-order valence-corrected chi connectivity index (χ1v) is 6.26. The van der Waals surface area contributed by atoms with Crippen LogP contribution in [0, 0.1) is 5.41 Å². The number of alkyl halides is 3. The Labute approximate surface area is 117 Å². The number of aromatic hydroxyl groups is 1. The molecule has 0 heterocycles. The van der Waals surface area contributed by atoms with Gasteiger partial charge in [-0.1, -0.05) is 13.8 Å². The summed E-state index contributed by atoms with van der Waals surface area (Å²) in [6.07, 6.45) is -4.63. The third-order valence-electron chi connectivity index (χ3n) is 3.03. The summed E-state index contributed by atoms with van der Waals surface area (Å²) in [5.74, 6) is -0.552. The van der Waals surface area contributed by atoms with Crippen LogP contribution in [0.3, 0.4) is 0 Å². The highest BCUT2D eigenvalue weighted by Gasteiger charge is 2.40. The molecule has 1 rings (SSSR count). The highest BCUT2D eigenvalue weighted by molar-refractivity contribution is 9.10. The van der Waals surface area contributed by atoms with Crippen molar-refractivity contribution in [2.75, 3.05) is 6.61 Å². The van der Waals surface area contributed by atoms with Gasteiger partial charge in [0.25, 0.3) is 0 Å². The first-order valence-electron chi connectivity index (χ1n) is 5.47. The van der Waals surface area contributed by atoms with Crippen LogP contribution in [0.15, 0.2) is 16.6 Å². The summed E-state index contributed by atoms with van der Waals surface area (Å²) in [5.41, 5.74) is 3.39. The average molecular weight is 342 g/mol. The van der Waals surface area contributed by atoms with Crippen molar-refractivity contribution in [2.45, 2.75) is 26.1 Å². The Morgan fingerprint density at radius 2 is 1.84 bits per heavy atom. The predicted molar refractivity (Wildman–Crippen MR) is 68.6 cm³/mol. The fourth-order valence-electron chi connectivity index (χ4n) is 1.63. The predicted octanol–water partition coefficient (Wildman–Crippen LogP) is 3.19. The smallest absolute Gasteiger partial charge is 0.416 e. The number of nitrogens with two attached hydrogens (primary N) is 1. The van der Waals surface area contributed by atoms with E-state index < -0.39 is 41.1 Å². The maximum absolute atomic E-state index is 13.0. The van der Waals surface area contributed by atoms with Gasteiger partial charge in [0, 0.05) is 23.6 Å². The van der Waals surface area contributed by atoms with E-state index in [0.717, 1.165) is 12.1 Å². The van der Waals surface area contributed by atoms with Gasteiger partial charge >= 0.3 is 6.18 Å². The van der Waals surface area contributed by atoms with Crippen LogP contribution in [-0.4, -0.2) is 16.8 Å². The molecule has 0 fully saturated rings. The van der Waals surface area contributed by atoms with Crippen molar-refractivity contribution in [3.63, 3.8) is 0 Å². The van der Waals surface area contributed by atoms with E-state index in [1.807, 2.05) is 0 Å². The Morgan fingerprint density at radius 3 is 2.26 bits per heavy atom. The fraction of sp³-hybridized carbons (Fsp3) is 0.500. The van der Waals surface area contributed by atoms with E-state index in [1.165, 1.54) is 13.8 Å². The van der Waals surface area contributed by atoms with Crippen LogP contribution >= 0.6 is 15.9 Å². The van der Waals surface area contributed by atoms with Gasteiger partial charge in [0.1, 0.15) is 5.75 Å². The molecule has 0 saturated heterocycles. The Bertz CT molecular complexity index is 475. The molecule has 0 unspecified atom stereocenters. The maximum atomic E-state index is 13.0. The zero-order valence-corrected chi connectivity index (χ0v) is 12.0. The molecule has 0 aromatic heterocycles. The van der Waals surface area contributed by atoms with Crippen LogP contribution in [0.2, 0.25) is 0 Å². The van der Waals surface area contributed by atoms with E-state index in [0.29, 0.717) is 0 Å². The molecular formula is C12H15BrF3NO2. The molecule has 0 aliphatic heterocycles. The van der Waals surface area contributed by atoms with Gasteiger partial charge in [-0.05, 0) is 28.1 Å². The van der Waals surface area contributed by atoms with Crippen molar-refractivity contribution in [1.29, 1.82) is 0 Å². The molecule has 1 atom stereocenters. The zero-order chi connectivity index (χ0) is 15.0. The number of hydrogen-bond donors (Lipinski definition) is 3. The second-order valence-corrected chi connectivity index (χ2v) is 5.83. The number of phenolic OH excluding ortho intramolecular Hbond substituents is 1. The number of phenols is 1. The van der Waals surface area contributed by atoms with Crippen LogP contribution in [-0.2, 0) is 6.18 Å². The molecule has 0 bridgehead atoms. The number of benzene rings is 1. The van der Waals surface area contributed by atoms with Gasteiger partial charge in [-0.3, -0.25) is 0 Å². The van der Waals surface area contributed by atoms with E-state index in [-0.39, 0.29) is 4.47 Å². The molecule has 7 heteroatoms. The van der Waals surface area contributed by atoms with E-state index in [2.05, 4.69) is 15.9 Å². The van der Waals surface area contributed by atoms with Gasteiger partial charge in [-0.15, -0.1) is 0 Å². The van der Waals surface area contributed by atoms with Gasteiger partial charge in [-0.2, -0.15) is 13.2 Å². The molecule has 0 amide bonds. The summed E-state index contributed by atoms with van der Waals surface area (Å²) < 4.78 is 39.0. The lowest BCUT2D eigenvalue weighted by Gasteiger charge is -2.32. The summed E-state index contributed by atoms with van der Waals surface area (Å²) in [4.78, 5) is 0. The topological polar surface area (TPSA) is 66.5 Å². The number of halogens is 4. The molecule has 0 aliphatic rings. The number of rotatable bonds is 3. The van der Waals surface area contributed by atoms with E-state index >= 15 is 0 Å². The Kier molecular flexibility index (Phi) is 4.54. The quantitative estimate of drug-likeness (QED) is 0.790. The van der Waals surface area contributed by atoms with Crippen LogP contribution in [0.5, 0.6) is 5.75 Å². The second-order valence-electron chi connectivity index (χ2n) is 4.98. The minimum absolute atomic E-state index is 0.125. The summed E-state index contributed by atoms with van der Waals surface area (Å²) in [7, 11) is 0. The minimum atomic E-state index is -4.63. The molecule has 0 spiro atoms. The number of aliphatic hydroxyl groups is 1. The Balaban J connectivity index is 3.52. The molecule has 1 aromatic rings. The maximum Gasteiger partial charge on any atom is 0.416 e. The molecular weight excluding hydrogens is 327 g/mol. The first-order chi connectivity index (χ1) is 8.52. The van der Waals surface area contributed by atoms with Crippen molar-refractivity contribution in [2.24, 2.45) is 11.1 Å². The van der Waals surface area contributed by atoms with Crippen LogP contribution in [0.4, 0.5) is 13.2 Å². The van der Waals surface area contributed by atoms with Crippen LogP contribution in [0.1, 0.15) is 31.0 Å². The highest BCUT2D eigenvalue weighted by atomic mass is 79.9. The van der Waals surface area contributed by atoms with Crippen molar-refractivity contribution in [1.82, 2.24) is 0 Å². The molecule has 4 N–H and O–H groups in total. The monoisotopic (exact) mass is 341 g/mol. The summed E-state index contributed by atoms with van der Waals surface area (Å²) in [6, 6.07) is 0.805. The third-order valence-corrected chi connectivity index (χ3v) is 3.67. The third kappa shape index (κ3) is 3.21. The lowest BCUT2D eigenvalue weighted by molar-refractivity contribution is -0.138. The van der Waals surface area contributed by atoms with Crippen molar-refractivity contribution < 1.29 is 23.4 Å². The number of aliphatic hydroxyl groups excluding tert-OH is 1. The Hall–Kier alpha value is -0.790. The summed E-state index contributed by atoms with van der Waals surface area (Å²) in [5, 5.41) is 19.1. The van der Waals surface area contributed by atoms with Gasteiger partial charge in [0.15, 0.2) is 0 Å². The van der Waals surface area contributed by atoms with Crippen LogP contribution < -0.4 is 5.73 Å². The molecule has 3 nitrogen and oxygen atoms in total. The molecule has 0 radical (unpaired) electrons. The van der Waals surface area contributed by atoms with Crippen LogP contribution in [0.25, 0.3) is 0 Å². The van der Waals surface area contributed by atoms with Gasteiger partial charge in [0.2, 0.25) is 0 Å². The minimum Gasteiger partial charge on any atom is -0.506 e. The molecule has 0 aliphatic carbocycles. The van der Waals surface area contributed by atoms with Crippen molar-refractivity contribution in [3.8, 4) is 5.75 Å². The molecule has 19 heavy (non-hydrogen) atoms. The average Bonchev–Trinajstić information content (AvgIpc) is 2.30. The van der Waals surface area contributed by atoms with Gasteiger partial charge in [0.05, 0.1) is 10.0 Å². The van der Waals surface area contributed by atoms with E-state index in [1.54, 1.807) is 0 Å². The lowest BCUT2D eigenvalue weighted by atomic mass is 9.79. The first kappa shape index (κ1) is 16.3. The normalized spacial score (nSPS) is 14.5. The zero-order valence-electron chi connectivity index (χ0n) is 10.4. The molecule has 0 saturated carbocycles. The van der Waals surface area contributed by atoms with E-state index in [9.17, 15) is 23.4 Å². The van der Waals surface area contributed by atoms with Crippen molar-refractivity contribution >= 4 is 15.9 Å². The summed E-state index contributed by atoms with van der Waals surface area (Å²) in [6.45, 7) is 2.65.